The molecule has 0 aliphatic carbocycles. The number of benzene rings is 1. The number of amides is 2. The van der Waals surface area contributed by atoms with Crippen molar-refractivity contribution in [2.75, 3.05) is 33.9 Å². The van der Waals surface area contributed by atoms with Crippen molar-refractivity contribution in [3.63, 3.8) is 0 Å². The molecule has 1 saturated heterocycles. The minimum atomic E-state index is -0.00710. The number of hydrogen-bond acceptors (Lipinski definition) is 4. The van der Waals surface area contributed by atoms with E-state index in [1.165, 1.54) is 0 Å². The number of carbonyl (C=O) groups is 2. The molecule has 0 saturated carbocycles. The summed E-state index contributed by atoms with van der Waals surface area (Å²) >= 11 is 0. The van der Waals surface area contributed by atoms with Crippen LogP contribution in [0.3, 0.4) is 0 Å². The topological polar surface area (TPSA) is 67.9 Å². The van der Waals surface area contributed by atoms with Crippen LogP contribution in [0.25, 0.3) is 0 Å². The van der Waals surface area contributed by atoms with Crippen molar-refractivity contribution in [2.45, 2.75) is 12.8 Å². The van der Waals surface area contributed by atoms with Crippen LogP contribution in [0.5, 0.6) is 11.5 Å². The molecule has 114 valence electrons. The minimum Gasteiger partial charge on any atom is -0.497 e. The molecule has 1 aliphatic rings. The van der Waals surface area contributed by atoms with E-state index in [0.717, 1.165) is 5.56 Å². The first-order chi connectivity index (χ1) is 10.1. The van der Waals surface area contributed by atoms with Crippen molar-refractivity contribution in [3.8, 4) is 11.5 Å². The van der Waals surface area contributed by atoms with Gasteiger partial charge in [0.2, 0.25) is 11.8 Å². The van der Waals surface area contributed by atoms with Crippen molar-refractivity contribution in [1.29, 1.82) is 0 Å². The molecular weight excluding hydrogens is 272 g/mol. The van der Waals surface area contributed by atoms with Crippen molar-refractivity contribution in [2.24, 2.45) is 0 Å². The Bertz CT molecular complexity index is 530. The number of rotatable bonds is 4. The second-order valence-corrected chi connectivity index (χ2v) is 4.84. The summed E-state index contributed by atoms with van der Waals surface area (Å²) in [6.45, 7) is 1.51. The number of nitrogens with zero attached hydrogens (tertiary/aromatic N) is 1. The minimum absolute atomic E-state index is 0.00466. The number of carbonyl (C=O) groups excluding carboxylic acids is 2. The highest BCUT2D eigenvalue weighted by molar-refractivity contribution is 5.82. The molecule has 1 fully saturated rings. The highest BCUT2D eigenvalue weighted by Gasteiger charge is 2.19. The highest BCUT2D eigenvalue weighted by Crippen LogP contribution is 2.25. The monoisotopic (exact) mass is 292 g/mol. The third kappa shape index (κ3) is 3.87. The molecule has 1 N–H and O–H groups in total. The molecule has 21 heavy (non-hydrogen) atoms. The van der Waals surface area contributed by atoms with Gasteiger partial charge in [-0.05, 0) is 6.07 Å². The Morgan fingerprint density at radius 2 is 2.10 bits per heavy atom. The van der Waals surface area contributed by atoms with Gasteiger partial charge in [-0.2, -0.15) is 0 Å². The number of methoxy groups -OCH3 is 2. The van der Waals surface area contributed by atoms with E-state index >= 15 is 0 Å². The van der Waals surface area contributed by atoms with Crippen LogP contribution in [0.2, 0.25) is 0 Å². The van der Waals surface area contributed by atoms with Gasteiger partial charge in [0.05, 0.1) is 20.6 Å². The average molecular weight is 292 g/mol. The molecular formula is C15H20N2O4. The predicted octanol–water partition coefficient (Wildman–Crippen LogP) is 0.595. The fourth-order valence-electron chi connectivity index (χ4n) is 2.29. The predicted molar refractivity (Wildman–Crippen MR) is 77.5 cm³/mol. The van der Waals surface area contributed by atoms with E-state index in [-0.39, 0.29) is 18.2 Å². The smallest absolute Gasteiger partial charge is 0.227 e. The SMILES string of the molecule is COc1ccc(CC(=O)N2CCNC(=O)CC2)c(OC)c1. The van der Waals surface area contributed by atoms with Crippen LogP contribution < -0.4 is 14.8 Å². The lowest BCUT2D eigenvalue weighted by Gasteiger charge is -2.20. The van der Waals surface area contributed by atoms with Crippen LogP contribution in [0.15, 0.2) is 18.2 Å². The van der Waals surface area contributed by atoms with Gasteiger partial charge in [0.25, 0.3) is 0 Å². The Labute approximate surface area is 124 Å². The first kappa shape index (κ1) is 15.2. The summed E-state index contributed by atoms with van der Waals surface area (Å²) in [6.07, 6.45) is 0.604. The summed E-state index contributed by atoms with van der Waals surface area (Å²) in [5.41, 5.74) is 0.812. The zero-order valence-electron chi connectivity index (χ0n) is 12.3. The fraction of sp³-hybridized carbons (Fsp3) is 0.467. The Morgan fingerprint density at radius 1 is 1.29 bits per heavy atom. The van der Waals surface area contributed by atoms with Gasteiger partial charge in [-0.25, -0.2) is 0 Å². The maximum absolute atomic E-state index is 12.3. The molecule has 0 radical (unpaired) electrons. The summed E-state index contributed by atoms with van der Waals surface area (Å²) < 4.78 is 10.4. The summed E-state index contributed by atoms with van der Waals surface area (Å²) in [6, 6.07) is 5.39. The first-order valence-corrected chi connectivity index (χ1v) is 6.89. The largest absolute Gasteiger partial charge is 0.497 e. The van der Waals surface area contributed by atoms with Gasteiger partial charge in [0, 0.05) is 37.7 Å². The van der Waals surface area contributed by atoms with E-state index in [1.807, 2.05) is 6.07 Å². The molecule has 2 amide bonds. The molecule has 1 heterocycles. The van der Waals surface area contributed by atoms with E-state index in [0.29, 0.717) is 37.6 Å². The van der Waals surface area contributed by atoms with Gasteiger partial charge < -0.3 is 19.7 Å². The van der Waals surface area contributed by atoms with E-state index in [2.05, 4.69) is 5.32 Å². The molecule has 0 unspecified atom stereocenters. The molecule has 1 aliphatic heterocycles. The molecule has 6 heteroatoms. The Hall–Kier alpha value is -2.24. The fourth-order valence-corrected chi connectivity index (χ4v) is 2.29. The molecule has 0 bridgehead atoms. The standard InChI is InChI=1S/C15H20N2O4/c1-20-12-4-3-11(13(10-12)21-2)9-15(19)17-7-5-14(18)16-6-8-17/h3-4,10H,5-9H2,1-2H3,(H,16,18). The lowest BCUT2D eigenvalue weighted by atomic mass is 10.1. The summed E-state index contributed by atoms with van der Waals surface area (Å²) in [5.74, 6) is 1.31. The van der Waals surface area contributed by atoms with Crippen molar-refractivity contribution < 1.29 is 19.1 Å². The highest BCUT2D eigenvalue weighted by atomic mass is 16.5. The molecule has 6 nitrogen and oxygen atoms in total. The van der Waals surface area contributed by atoms with E-state index in [9.17, 15) is 9.59 Å². The molecule has 0 atom stereocenters. The maximum Gasteiger partial charge on any atom is 0.227 e. The van der Waals surface area contributed by atoms with Gasteiger partial charge in [-0.1, -0.05) is 6.07 Å². The van der Waals surface area contributed by atoms with Crippen molar-refractivity contribution in [1.82, 2.24) is 10.2 Å². The lowest BCUT2D eigenvalue weighted by Crippen LogP contribution is -2.35. The molecule has 1 aromatic carbocycles. The summed E-state index contributed by atoms with van der Waals surface area (Å²) in [5, 5.41) is 2.76. The number of ether oxygens (including phenoxy) is 2. The summed E-state index contributed by atoms with van der Waals surface area (Å²) in [7, 11) is 3.15. The third-order valence-electron chi connectivity index (χ3n) is 3.50. The van der Waals surface area contributed by atoms with Crippen LogP contribution in [-0.4, -0.2) is 50.6 Å². The van der Waals surface area contributed by atoms with Crippen LogP contribution in [0.1, 0.15) is 12.0 Å². The molecule has 0 aromatic heterocycles. The van der Waals surface area contributed by atoms with Crippen LogP contribution in [0, 0.1) is 0 Å². The Kier molecular flexibility index (Phi) is 5.03. The van der Waals surface area contributed by atoms with Gasteiger partial charge in [-0.3, -0.25) is 9.59 Å². The Balaban J connectivity index is 2.06. The van der Waals surface area contributed by atoms with Crippen molar-refractivity contribution >= 4 is 11.8 Å². The average Bonchev–Trinajstić information content (AvgIpc) is 2.72. The normalized spacial score (nSPS) is 15.1. The molecule has 0 spiro atoms. The Morgan fingerprint density at radius 3 is 2.81 bits per heavy atom. The number of nitrogens with one attached hydrogen (secondary N) is 1. The van der Waals surface area contributed by atoms with Crippen LogP contribution >= 0.6 is 0 Å². The van der Waals surface area contributed by atoms with Gasteiger partial charge in [0.15, 0.2) is 0 Å². The van der Waals surface area contributed by atoms with E-state index in [1.54, 1.807) is 31.3 Å². The van der Waals surface area contributed by atoms with Gasteiger partial charge in [0.1, 0.15) is 11.5 Å². The molecule has 1 aromatic rings. The molecule has 2 rings (SSSR count). The second-order valence-electron chi connectivity index (χ2n) is 4.84. The number of hydrogen-bond donors (Lipinski definition) is 1. The van der Waals surface area contributed by atoms with Gasteiger partial charge in [-0.15, -0.1) is 0 Å². The maximum atomic E-state index is 12.3. The van der Waals surface area contributed by atoms with E-state index in [4.69, 9.17) is 9.47 Å². The second kappa shape index (κ2) is 6.97. The van der Waals surface area contributed by atoms with Crippen molar-refractivity contribution in [3.05, 3.63) is 23.8 Å². The quantitative estimate of drug-likeness (QED) is 0.882. The third-order valence-corrected chi connectivity index (χ3v) is 3.50. The van der Waals surface area contributed by atoms with Gasteiger partial charge >= 0.3 is 0 Å². The van der Waals surface area contributed by atoms with E-state index < -0.39 is 0 Å². The zero-order valence-corrected chi connectivity index (χ0v) is 12.3. The van der Waals surface area contributed by atoms with Crippen LogP contribution in [0.4, 0.5) is 0 Å². The zero-order chi connectivity index (χ0) is 15.2. The van der Waals surface area contributed by atoms with Crippen LogP contribution in [-0.2, 0) is 16.0 Å². The summed E-state index contributed by atoms with van der Waals surface area (Å²) in [4.78, 5) is 25.4. The first-order valence-electron chi connectivity index (χ1n) is 6.89. The lowest BCUT2D eigenvalue weighted by molar-refractivity contribution is -0.130.